The number of likely N-dealkylation sites (tertiary alicyclic amines) is 1. The van der Waals surface area contributed by atoms with Crippen LogP contribution in [0.1, 0.15) is 37.8 Å². The minimum atomic E-state index is -0.220. The maximum absolute atomic E-state index is 12.9. The van der Waals surface area contributed by atoms with E-state index in [1.54, 1.807) is 19.2 Å². The summed E-state index contributed by atoms with van der Waals surface area (Å²) < 4.78 is 5.45. The maximum atomic E-state index is 12.9. The number of hydrogen-bond acceptors (Lipinski definition) is 5. The van der Waals surface area contributed by atoms with Crippen molar-refractivity contribution >= 4 is 5.91 Å². The molecule has 1 aromatic rings. The van der Waals surface area contributed by atoms with Gasteiger partial charge in [-0.2, -0.15) is 0 Å². The Hall–Kier alpha value is -1.63. The van der Waals surface area contributed by atoms with E-state index in [2.05, 4.69) is 29.4 Å². The summed E-state index contributed by atoms with van der Waals surface area (Å²) in [6.07, 6.45) is 3.15. The van der Waals surface area contributed by atoms with E-state index in [1.807, 2.05) is 6.07 Å². The molecule has 2 aliphatic heterocycles. The summed E-state index contributed by atoms with van der Waals surface area (Å²) in [4.78, 5) is 15.3. The van der Waals surface area contributed by atoms with E-state index in [4.69, 9.17) is 4.74 Å². The maximum Gasteiger partial charge on any atom is 0.237 e. The average Bonchev–Trinajstić information content (AvgIpc) is 2.67. The second-order valence-electron chi connectivity index (χ2n) is 8.19. The Morgan fingerprint density at radius 3 is 2.74 bits per heavy atom. The lowest BCUT2D eigenvalue weighted by Crippen LogP contribution is -2.55. The molecule has 2 heterocycles. The molecular weight excluding hydrogens is 342 g/mol. The van der Waals surface area contributed by atoms with Gasteiger partial charge >= 0.3 is 0 Å². The van der Waals surface area contributed by atoms with Crippen LogP contribution in [0.4, 0.5) is 0 Å². The zero-order chi connectivity index (χ0) is 19.4. The van der Waals surface area contributed by atoms with Gasteiger partial charge in [0.1, 0.15) is 5.75 Å². The van der Waals surface area contributed by atoms with E-state index >= 15 is 0 Å². The number of benzene rings is 1. The normalized spacial score (nSPS) is 22.4. The van der Waals surface area contributed by atoms with E-state index in [0.717, 1.165) is 43.6 Å². The van der Waals surface area contributed by atoms with Gasteiger partial charge in [0.25, 0.3) is 0 Å². The Labute approximate surface area is 162 Å². The van der Waals surface area contributed by atoms with Gasteiger partial charge in [0.2, 0.25) is 5.91 Å². The molecule has 2 atom stereocenters. The van der Waals surface area contributed by atoms with E-state index in [9.17, 15) is 9.90 Å². The van der Waals surface area contributed by atoms with Gasteiger partial charge < -0.3 is 25.4 Å². The van der Waals surface area contributed by atoms with Crippen molar-refractivity contribution in [3.05, 3.63) is 29.3 Å². The van der Waals surface area contributed by atoms with Crippen LogP contribution in [0.15, 0.2) is 18.2 Å². The molecule has 3 N–H and O–H groups in total. The summed E-state index contributed by atoms with van der Waals surface area (Å²) in [6.45, 7) is 7.88. The first-order valence-electron chi connectivity index (χ1n) is 10.1. The zero-order valence-corrected chi connectivity index (χ0v) is 16.7. The minimum absolute atomic E-state index is 0.0687. The molecule has 0 radical (unpaired) electrons. The van der Waals surface area contributed by atoms with Crippen LogP contribution in [0.5, 0.6) is 5.75 Å². The summed E-state index contributed by atoms with van der Waals surface area (Å²) >= 11 is 0. The largest absolute Gasteiger partial charge is 0.508 e. The average molecular weight is 376 g/mol. The molecule has 1 amide bonds. The highest BCUT2D eigenvalue weighted by atomic mass is 16.5. The first kappa shape index (κ1) is 20.1. The van der Waals surface area contributed by atoms with E-state index < -0.39 is 0 Å². The zero-order valence-electron chi connectivity index (χ0n) is 16.7. The molecule has 1 aromatic carbocycles. The molecular formula is C21H33N3O3. The molecule has 2 aliphatic rings. The molecule has 0 bridgehead atoms. The van der Waals surface area contributed by atoms with E-state index in [1.165, 1.54) is 0 Å². The van der Waals surface area contributed by atoms with Gasteiger partial charge in [-0.1, -0.05) is 19.9 Å². The minimum Gasteiger partial charge on any atom is -0.508 e. The van der Waals surface area contributed by atoms with Gasteiger partial charge in [-0.05, 0) is 48.4 Å². The molecule has 0 aliphatic carbocycles. The number of carbonyl (C=O) groups excluding carboxylic acids is 1. The predicted molar refractivity (Wildman–Crippen MR) is 106 cm³/mol. The van der Waals surface area contributed by atoms with Crippen LogP contribution in [0.2, 0.25) is 0 Å². The lowest BCUT2D eigenvalue weighted by Gasteiger charge is -2.36. The van der Waals surface area contributed by atoms with Crippen LogP contribution in [-0.4, -0.2) is 60.8 Å². The second kappa shape index (κ2) is 9.04. The number of phenols is 1. The molecule has 150 valence electrons. The molecule has 1 saturated heterocycles. The van der Waals surface area contributed by atoms with Crippen molar-refractivity contribution in [3.63, 3.8) is 0 Å². The number of hydrogen-bond donors (Lipinski definition) is 3. The molecule has 27 heavy (non-hydrogen) atoms. The molecule has 6 nitrogen and oxygen atoms in total. The number of carbonyl (C=O) groups is 1. The van der Waals surface area contributed by atoms with Gasteiger partial charge in [0.05, 0.1) is 12.1 Å². The van der Waals surface area contributed by atoms with Crippen molar-refractivity contribution in [2.45, 2.75) is 57.8 Å². The van der Waals surface area contributed by atoms with Crippen molar-refractivity contribution in [1.82, 2.24) is 15.5 Å². The van der Waals surface area contributed by atoms with Gasteiger partial charge in [-0.3, -0.25) is 4.79 Å². The molecule has 0 saturated carbocycles. The highest BCUT2D eigenvalue weighted by Gasteiger charge is 2.28. The molecule has 0 spiro atoms. The van der Waals surface area contributed by atoms with E-state index in [-0.39, 0.29) is 23.7 Å². The number of amides is 1. The van der Waals surface area contributed by atoms with Gasteiger partial charge in [-0.25, -0.2) is 0 Å². The molecule has 6 heteroatoms. The van der Waals surface area contributed by atoms with Crippen LogP contribution < -0.4 is 10.6 Å². The van der Waals surface area contributed by atoms with Crippen molar-refractivity contribution in [2.24, 2.45) is 5.92 Å². The number of aromatic hydroxyl groups is 1. The Morgan fingerprint density at radius 2 is 2.07 bits per heavy atom. The monoisotopic (exact) mass is 375 g/mol. The van der Waals surface area contributed by atoms with Crippen molar-refractivity contribution in [3.8, 4) is 5.75 Å². The number of methoxy groups -OCH3 is 1. The fourth-order valence-corrected chi connectivity index (χ4v) is 4.00. The highest BCUT2D eigenvalue weighted by molar-refractivity contribution is 5.82. The Balaban J connectivity index is 1.55. The predicted octanol–water partition coefficient (Wildman–Crippen LogP) is 1.66. The summed E-state index contributed by atoms with van der Waals surface area (Å²) in [7, 11) is 1.79. The fraction of sp³-hybridized carbons (Fsp3) is 0.667. The van der Waals surface area contributed by atoms with Crippen LogP contribution in [0.25, 0.3) is 0 Å². The third kappa shape index (κ3) is 5.21. The van der Waals surface area contributed by atoms with Gasteiger partial charge in [0.15, 0.2) is 0 Å². The summed E-state index contributed by atoms with van der Waals surface area (Å²) in [5, 5.41) is 16.2. The SMILES string of the molecule is COC1CCN(C[C@@H](NC(=O)[C@H]2Cc3ccc(O)cc3CN2)C(C)C)CC1. The molecule has 1 fully saturated rings. The number of fused-ring (bicyclic) bond motifs is 1. The van der Waals surface area contributed by atoms with Crippen LogP contribution >= 0.6 is 0 Å². The fourth-order valence-electron chi connectivity index (χ4n) is 4.00. The number of ether oxygens (including phenoxy) is 1. The highest BCUT2D eigenvalue weighted by Crippen LogP contribution is 2.22. The Morgan fingerprint density at radius 1 is 1.33 bits per heavy atom. The van der Waals surface area contributed by atoms with Gasteiger partial charge in [0, 0.05) is 39.3 Å². The van der Waals surface area contributed by atoms with Crippen LogP contribution in [0, 0.1) is 5.92 Å². The topological polar surface area (TPSA) is 73.8 Å². The van der Waals surface area contributed by atoms with E-state index in [0.29, 0.717) is 25.0 Å². The van der Waals surface area contributed by atoms with Crippen LogP contribution in [0.3, 0.4) is 0 Å². The van der Waals surface area contributed by atoms with Crippen LogP contribution in [-0.2, 0) is 22.5 Å². The van der Waals surface area contributed by atoms with Gasteiger partial charge in [-0.15, -0.1) is 0 Å². The number of phenolic OH excluding ortho intramolecular Hbond substituents is 1. The number of nitrogens with one attached hydrogen (secondary N) is 2. The lowest BCUT2D eigenvalue weighted by atomic mass is 9.94. The second-order valence-corrected chi connectivity index (χ2v) is 8.19. The number of piperidine rings is 1. The summed E-state index contributed by atoms with van der Waals surface area (Å²) in [5.41, 5.74) is 2.20. The number of nitrogens with zero attached hydrogens (tertiary/aromatic N) is 1. The van der Waals surface area contributed by atoms with Crippen molar-refractivity contribution < 1.29 is 14.6 Å². The smallest absolute Gasteiger partial charge is 0.237 e. The lowest BCUT2D eigenvalue weighted by molar-refractivity contribution is -0.124. The summed E-state index contributed by atoms with van der Waals surface area (Å²) in [6, 6.07) is 5.31. The standard InChI is InChI=1S/C21H33N3O3/c1-14(2)20(13-24-8-6-18(27-3)7-9-24)23-21(26)19-11-15-4-5-17(25)10-16(15)12-22-19/h4-5,10,14,18-20,22,25H,6-9,11-13H2,1-3H3,(H,23,26)/t19-,20-/m1/s1. The molecule has 3 rings (SSSR count). The number of rotatable bonds is 6. The Bertz CT molecular complexity index is 642. The quantitative estimate of drug-likeness (QED) is 0.705. The van der Waals surface area contributed by atoms with Crippen molar-refractivity contribution in [2.75, 3.05) is 26.7 Å². The third-order valence-corrected chi connectivity index (χ3v) is 5.92. The third-order valence-electron chi connectivity index (χ3n) is 5.92. The molecule has 0 unspecified atom stereocenters. The first-order chi connectivity index (χ1) is 13.0. The summed E-state index contributed by atoms with van der Waals surface area (Å²) in [5.74, 6) is 0.719. The molecule has 0 aromatic heterocycles. The Kier molecular flexibility index (Phi) is 6.73. The first-order valence-corrected chi connectivity index (χ1v) is 10.1. The van der Waals surface area contributed by atoms with Crippen molar-refractivity contribution in [1.29, 1.82) is 0 Å².